The summed E-state index contributed by atoms with van der Waals surface area (Å²) in [5.74, 6) is 1.63. The highest BCUT2D eigenvalue weighted by Gasteiger charge is 2.23. The maximum atomic E-state index is 10.0. The number of anilines is 1. The summed E-state index contributed by atoms with van der Waals surface area (Å²) in [4.78, 5) is 8.85. The molecule has 2 atom stereocenters. The third kappa shape index (κ3) is 4.21. The second-order valence-electron chi connectivity index (χ2n) is 5.62. The van der Waals surface area contributed by atoms with Crippen molar-refractivity contribution in [1.82, 2.24) is 9.97 Å². The van der Waals surface area contributed by atoms with Crippen molar-refractivity contribution in [3.8, 4) is 0 Å². The van der Waals surface area contributed by atoms with E-state index in [1.54, 1.807) is 24.2 Å². The highest BCUT2D eigenvalue weighted by molar-refractivity contribution is 7.98. The maximum absolute atomic E-state index is 10.0. The number of rotatable bonds is 5. The molecule has 4 nitrogen and oxygen atoms in total. The molecule has 2 aromatic rings. The smallest absolute Gasteiger partial charge is 0.146 e. The van der Waals surface area contributed by atoms with Gasteiger partial charge in [0.15, 0.2) is 0 Å². The van der Waals surface area contributed by atoms with Crippen LogP contribution < -0.4 is 5.32 Å². The van der Waals surface area contributed by atoms with E-state index >= 15 is 0 Å². The van der Waals surface area contributed by atoms with Gasteiger partial charge >= 0.3 is 0 Å². The fourth-order valence-electron chi connectivity index (χ4n) is 2.69. The first-order valence-corrected chi connectivity index (χ1v) is 8.73. The molecule has 1 saturated carbocycles. The van der Waals surface area contributed by atoms with Crippen LogP contribution in [0, 0.1) is 0 Å². The first kappa shape index (κ1) is 15.3. The first-order chi connectivity index (χ1) is 10.8. The predicted octanol–water partition coefficient (Wildman–Crippen LogP) is 3.48. The molecule has 0 amide bonds. The molecule has 1 aliphatic carbocycles. The zero-order valence-electron chi connectivity index (χ0n) is 12.5. The van der Waals surface area contributed by atoms with Crippen molar-refractivity contribution in [3.05, 3.63) is 48.3 Å². The van der Waals surface area contributed by atoms with E-state index in [0.29, 0.717) is 0 Å². The van der Waals surface area contributed by atoms with Crippen LogP contribution in [0.3, 0.4) is 0 Å². The Labute approximate surface area is 135 Å². The van der Waals surface area contributed by atoms with E-state index < -0.39 is 0 Å². The topological polar surface area (TPSA) is 58.0 Å². The zero-order chi connectivity index (χ0) is 15.2. The molecule has 1 heterocycles. The quantitative estimate of drug-likeness (QED) is 0.827. The molecular formula is C17H21N3OS. The van der Waals surface area contributed by atoms with Gasteiger partial charge in [0.1, 0.15) is 10.8 Å². The van der Waals surface area contributed by atoms with Crippen molar-refractivity contribution in [2.24, 2.45) is 0 Å². The van der Waals surface area contributed by atoms with E-state index in [9.17, 15) is 5.11 Å². The molecule has 5 heteroatoms. The van der Waals surface area contributed by atoms with Crippen molar-refractivity contribution >= 4 is 17.6 Å². The number of aliphatic hydroxyl groups excluding tert-OH is 1. The van der Waals surface area contributed by atoms with Crippen molar-refractivity contribution in [2.75, 3.05) is 5.32 Å². The third-order valence-electron chi connectivity index (χ3n) is 3.90. The summed E-state index contributed by atoms with van der Waals surface area (Å²) in [6.45, 7) is 0. The van der Waals surface area contributed by atoms with Crippen LogP contribution in [0.5, 0.6) is 0 Å². The summed E-state index contributed by atoms with van der Waals surface area (Å²) in [6, 6.07) is 10.4. The number of thioether (sulfide) groups is 1. The van der Waals surface area contributed by atoms with Gasteiger partial charge in [-0.05, 0) is 18.4 Å². The van der Waals surface area contributed by atoms with E-state index in [1.165, 1.54) is 5.56 Å². The summed E-state index contributed by atoms with van der Waals surface area (Å²) in [5.41, 5.74) is 1.27. The molecule has 1 aromatic carbocycles. The normalized spacial score (nSPS) is 21.5. The van der Waals surface area contributed by atoms with Crippen LogP contribution in [0.15, 0.2) is 47.8 Å². The molecule has 0 aliphatic heterocycles. The zero-order valence-corrected chi connectivity index (χ0v) is 13.3. The Kier molecular flexibility index (Phi) is 5.29. The van der Waals surface area contributed by atoms with Crippen LogP contribution in [0.1, 0.15) is 31.2 Å². The predicted molar refractivity (Wildman–Crippen MR) is 89.9 cm³/mol. The maximum Gasteiger partial charge on any atom is 0.146 e. The summed E-state index contributed by atoms with van der Waals surface area (Å²) in [6.07, 6.45) is 7.36. The Hall–Kier alpha value is -1.59. The number of benzene rings is 1. The van der Waals surface area contributed by atoms with E-state index in [1.807, 2.05) is 18.2 Å². The van der Waals surface area contributed by atoms with Crippen LogP contribution >= 0.6 is 11.8 Å². The summed E-state index contributed by atoms with van der Waals surface area (Å²) in [5, 5.41) is 14.3. The molecule has 1 fully saturated rings. The standard InChI is InChI=1S/C17H21N3OS/c21-15-9-5-4-8-14(15)19-16-10-18-11-17(20-16)22-12-13-6-2-1-3-7-13/h1-3,6-7,10-11,14-15,21H,4-5,8-9,12H2,(H,19,20). The average molecular weight is 315 g/mol. The van der Waals surface area contributed by atoms with E-state index in [0.717, 1.165) is 42.3 Å². The second kappa shape index (κ2) is 7.61. The monoisotopic (exact) mass is 315 g/mol. The van der Waals surface area contributed by atoms with Gasteiger partial charge in [0.2, 0.25) is 0 Å². The van der Waals surface area contributed by atoms with Crippen molar-refractivity contribution in [2.45, 2.75) is 48.6 Å². The van der Waals surface area contributed by atoms with E-state index in [4.69, 9.17) is 0 Å². The third-order valence-corrected chi connectivity index (χ3v) is 4.87. The molecule has 0 bridgehead atoms. The van der Waals surface area contributed by atoms with Crippen LogP contribution in [0.25, 0.3) is 0 Å². The number of aromatic nitrogens is 2. The largest absolute Gasteiger partial charge is 0.391 e. The SMILES string of the molecule is OC1CCCCC1Nc1cncc(SCc2ccccc2)n1. The molecule has 116 valence electrons. The lowest BCUT2D eigenvalue weighted by atomic mass is 9.93. The van der Waals surface area contributed by atoms with Crippen LogP contribution in [0.4, 0.5) is 5.82 Å². The Bertz CT molecular complexity index is 593. The first-order valence-electron chi connectivity index (χ1n) is 7.74. The molecular weight excluding hydrogens is 294 g/mol. The van der Waals surface area contributed by atoms with E-state index in [2.05, 4.69) is 27.4 Å². The summed E-state index contributed by atoms with van der Waals surface area (Å²) in [7, 11) is 0. The van der Waals surface area contributed by atoms with Crippen LogP contribution in [-0.4, -0.2) is 27.2 Å². The fraction of sp³-hybridized carbons (Fsp3) is 0.412. The minimum atomic E-state index is -0.281. The Morgan fingerprint density at radius 1 is 1.14 bits per heavy atom. The summed E-state index contributed by atoms with van der Waals surface area (Å²) < 4.78 is 0. The minimum Gasteiger partial charge on any atom is -0.391 e. The van der Waals surface area contributed by atoms with Gasteiger partial charge in [0.25, 0.3) is 0 Å². The van der Waals surface area contributed by atoms with Crippen molar-refractivity contribution in [3.63, 3.8) is 0 Å². The molecule has 0 radical (unpaired) electrons. The number of hydrogen-bond donors (Lipinski definition) is 2. The van der Waals surface area contributed by atoms with Crippen LogP contribution in [0.2, 0.25) is 0 Å². The van der Waals surface area contributed by atoms with Gasteiger partial charge < -0.3 is 10.4 Å². The van der Waals surface area contributed by atoms with Gasteiger partial charge in [-0.3, -0.25) is 4.98 Å². The lowest BCUT2D eigenvalue weighted by molar-refractivity contribution is 0.116. The Balaban J connectivity index is 1.60. The van der Waals surface area contributed by atoms with Crippen molar-refractivity contribution < 1.29 is 5.11 Å². The number of nitrogens with one attached hydrogen (secondary N) is 1. The van der Waals surface area contributed by atoms with E-state index in [-0.39, 0.29) is 12.1 Å². The number of nitrogens with zero attached hydrogens (tertiary/aromatic N) is 2. The Morgan fingerprint density at radius 2 is 1.95 bits per heavy atom. The minimum absolute atomic E-state index is 0.0948. The summed E-state index contributed by atoms with van der Waals surface area (Å²) >= 11 is 1.67. The van der Waals surface area contributed by atoms with Gasteiger partial charge in [-0.25, -0.2) is 4.98 Å². The average Bonchev–Trinajstić information content (AvgIpc) is 2.57. The highest BCUT2D eigenvalue weighted by atomic mass is 32.2. The van der Waals surface area contributed by atoms with Gasteiger partial charge in [-0.2, -0.15) is 0 Å². The molecule has 2 unspecified atom stereocenters. The molecule has 22 heavy (non-hydrogen) atoms. The molecule has 1 aliphatic rings. The molecule has 3 rings (SSSR count). The lowest BCUT2D eigenvalue weighted by Gasteiger charge is -2.28. The van der Waals surface area contributed by atoms with Crippen molar-refractivity contribution in [1.29, 1.82) is 0 Å². The molecule has 2 N–H and O–H groups in total. The number of hydrogen-bond acceptors (Lipinski definition) is 5. The lowest BCUT2D eigenvalue weighted by Crippen LogP contribution is -2.36. The second-order valence-corrected chi connectivity index (χ2v) is 6.62. The van der Waals surface area contributed by atoms with Crippen LogP contribution in [-0.2, 0) is 5.75 Å². The molecule has 0 saturated heterocycles. The number of aliphatic hydroxyl groups is 1. The molecule has 1 aromatic heterocycles. The fourth-order valence-corrected chi connectivity index (χ4v) is 3.49. The highest BCUT2D eigenvalue weighted by Crippen LogP contribution is 2.24. The van der Waals surface area contributed by atoms with Gasteiger partial charge in [0.05, 0.1) is 24.5 Å². The van der Waals surface area contributed by atoms with Gasteiger partial charge in [-0.15, -0.1) is 11.8 Å². The van der Waals surface area contributed by atoms with Gasteiger partial charge in [0, 0.05) is 5.75 Å². The molecule has 0 spiro atoms. The Morgan fingerprint density at radius 3 is 2.77 bits per heavy atom. The van der Waals surface area contributed by atoms with Gasteiger partial charge in [-0.1, -0.05) is 43.2 Å².